The van der Waals surface area contributed by atoms with Gasteiger partial charge in [-0.15, -0.1) is 0 Å². The first kappa shape index (κ1) is 26.1. The lowest BCUT2D eigenvalue weighted by molar-refractivity contribution is -0.385. The van der Waals surface area contributed by atoms with Crippen LogP contribution in [-0.4, -0.2) is 39.5 Å². The summed E-state index contributed by atoms with van der Waals surface area (Å²) in [7, 11) is 0. The number of rotatable bonds is 7. The molecule has 3 aromatic carbocycles. The number of nitrogens with zero attached hydrogens (tertiary/aromatic N) is 4. The highest BCUT2D eigenvalue weighted by Crippen LogP contribution is 2.50. The summed E-state index contributed by atoms with van der Waals surface area (Å²) in [6.07, 6.45) is -1.29. The number of hydroxylamine groups is 1. The van der Waals surface area contributed by atoms with Crippen molar-refractivity contribution in [3.63, 3.8) is 0 Å². The van der Waals surface area contributed by atoms with Crippen LogP contribution < -0.4 is 14.7 Å². The topological polar surface area (TPSA) is 166 Å². The van der Waals surface area contributed by atoms with E-state index in [1.54, 1.807) is 19.1 Å². The molecule has 3 atom stereocenters. The monoisotopic (exact) mass is 598 g/mol. The lowest BCUT2D eigenvalue weighted by atomic mass is 9.90. The number of nitro benzene ring substituents is 2. The summed E-state index contributed by atoms with van der Waals surface area (Å²) < 4.78 is 5.80. The van der Waals surface area contributed by atoms with Crippen LogP contribution in [0.3, 0.4) is 0 Å². The van der Waals surface area contributed by atoms with Crippen molar-refractivity contribution in [3.8, 4) is 11.5 Å². The Morgan fingerprint density at radius 1 is 0.974 bits per heavy atom. The molecule has 13 nitrogen and oxygen atoms in total. The highest BCUT2D eigenvalue weighted by molar-refractivity contribution is 9.10. The van der Waals surface area contributed by atoms with Gasteiger partial charge in [-0.25, -0.2) is 9.96 Å². The summed E-state index contributed by atoms with van der Waals surface area (Å²) in [5.41, 5.74) is 0.360. The summed E-state index contributed by atoms with van der Waals surface area (Å²) in [4.78, 5) is 55.5. The summed E-state index contributed by atoms with van der Waals surface area (Å²) in [5, 5.41) is 34.2. The number of fused-ring (bicyclic) bond motifs is 1. The van der Waals surface area contributed by atoms with Gasteiger partial charge in [0, 0.05) is 24.3 Å². The maximum absolute atomic E-state index is 13.8. The van der Waals surface area contributed by atoms with Gasteiger partial charge >= 0.3 is 0 Å². The van der Waals surface area contributed by atoms with Crippen LogP contribution in [0, 0.1) is 26.1 Å². The third-order valence-corrected chi connectivity index (χ3v) is 7.03. The van der Waals surface area contributed by atoms with Crippen molar-refractivity contribution in [2.45, 2.75) is 19.1 Å². The fraction of sp³-hybridized carbons (Fsp3) is 0.200. The quantitative estimate of drug-likeness (QED) is 0.233. The fourth-order valence-corrected chi connectivity index (χ4v) is 5.19. The first-order valence-electron chi connectivity index (χ1n) is 11.6. The van der Waals surface area contributed by atoms with Crippen LogP contribution in [0.2, 0.25) is 0 Å². The molecule has 2 saturated heterocycles. The van der Waals surface area contributed by atoms with E-state index >= 15 is 0 Å². The molecular weight excluding hydrogens is 580 g/mol. The average molecular weight is 599 g/mol. The van der Waals surface area contributed by atoms with E-state index in [1.165, 1.54) is 53.6 Å². The molecule has 39 heavy (non-hydrogen) atoms. The summed E-state index contributed by atoms with van der Waals surface area (Å²) >= 11 is 3.29. The van der Waals surface area contributed by atoms with Gasteiger partial charge < -0.3 is 9.84 Å². The van der Waals surface area contributed by atoms with Crippen molar-refractivity contribution < 1.29 is 34.1 Å². The maximum atomic E-state index is 13.8. The van der Waals surface area contributed by atoms with E-state index in [9.17, 15) is 34.9 Å². The molecule has 200 valence electrons. The van der Waals surface area contributed by atoms with Gasteiger partial charge in [0.15, 0.2) is 17.6 Å². The van der Waals surface area contributed by atoms with Crippen molar-refractivity contribution in [1.82, 2.24) is 0 Å². The number of phenolic OH excluding ortho intramolecular Hbond substituents is 1. The number of halogens is 1. The van der Waals surface area contributed by atoms with Gasteiger partial charge in [-0.1, -0.05) is 6.07 Å². The van der Waals surface area contributed by atoms with E-state index in [0.717, 1.165) is 4.90 Å². The van der Waals surface area contributed by atoms with Crippen LogP contribution in [-0.2, 0) is 14.4 Å². The van der Waals surface area contributed by atoms with Gasteiger partial charge in [-0.05, 0) is 58.7 Å². The first-order chi connectivity index (χ1) is 18.6. The van der Waals surface area contributed by atoms with E-state index in [2.05, 4.69) is 15.9 Å². The Morgan fingerprint density at radius 3 is 2.31 bits per heavy atom. The molecular formula is C25H19BrN4O9. The van der Waals surface area contributed by atoms with Crippen LogP contribution in [0.4, 0.5) is 22.7 Å². The number of hydrogen-bond acceptors (Lipinski definition) is 10. The van der Waals surface area contributed by atoms with Crippen LogP contribution in [0.15, 0.2) is 65.1 Å². The molecule has 2 heterocycles. The van der Waals surface area contributed by atoms with E-state index < -0.39 is 39.7 Å². The zero-order valence-electron chi connectivity index (χ0n) is 20.1. The van der Waals surface area contributed by atoms with Crippen LogP contribution in [0.25, 0.3) is 0 Å². The maximum Gasteiger partial charge on any atom is 0.271 e. The van der Waals surface area contributed by atoms with Gasteiger partial charge in [0.2, 0.25) is 5.91 Å². The number of benzene rings is 3. The highest BCUT2D eigenvalue weighted by atomic mass is 79.9. The molecule has 2 aliphatic heterocycles. The van der Waals surface area contributed by atoms with Crippen molar-refractivity contribution in [2.75, 3.05) is 16.6 Å². The Hall–Kier alpha value is -4.56. The normalized spacial score (nSPS) is 20.3. The van der Waals surface area contributed by atoms with E-state index in [4.69, 9.17) is 9.57 Å². The molecule has 0 aromatic heterocycles. The molecule has 14 heteroatoms. The number of imide groups is 1. The second kappa shape index (κ2) is 9.96. The standard InChI is InChI=1S/C25H19BrN4O9/c1-2-38-19-11-13(10-18(26)22(19)31)21-20-23(39-28(21)16-4-3-5-17(12-16)30(36)37)25(33)27(24(20)32)14-6-8-15(9-7-14)29(34)35/h3-12,20-21,23,31H,2H2,1H3/t20-,21-,23-/m0/s1. The molecule has 0 radical (unpaired) electrons. The molecule has 0 saturated carbocycles. The van der Waals surface area contributed by atoms with E-state index in [1.807, 2.05) is 0 Å². The number of carbonyl (C=O) groups excluding carboxylic acids is 2. The minimum Gasteiger partial charge on any atom is -0.503 e. The van der Waals surface area contributed by atoms with Crippen LogP contribution in [0.1, 0.15) is 18.5 Å². The van der Waals surface area contributed by atoms with Gasteiger partial charge in [-0.3, -0.25) is 34.7 Å². The molecule has 1 N–H and O–H groups in total. The van der Waals surface area contributed by atoms with Crippen LogP contribution >= 0.6 is 15.9 Å². The lowest BCUT2D eigenvalue weighted by Crippen LogP contribution is -2.37. The number of aromatic hydroxyl groups is 1. The number of phenols is 1. The molecule has 3 aromatic rings. The summed E-state index contributed by atoms with van der Waals surface area (Å²) in [6, 6.07) is 12.6. The average Bonchev–Trinajstić information content (AvgIpc) is 3.42. The number of carbonyl (C=O) groups is 2. The van der Waals surface area contributed by atoms with E-state index in [0.29, 0.717) is 5.56 Å². The van der Waals surface area contributed by atoms with Gasteiger partial charge in [0.05, 0.1) is 38.3 Å². The number of anilines is 2. The van der Waals surface area contributed by atoms with Crippen molar-refractivity contribution in [1.29, 1.82) is 0 Å². The largest absolute Gasteiger partial charge is 0.503 e. The summed E-state index contributed by atoms with van der Waals surface area (Å²) in [6.45, 7) is 1.96. The molecule has 2 amide bonds. The summed E-state index contributed by atoms with van der Waals surface area (Å²) in [5.74, 6) is -2.47. The van der Waals surface area contributed by atoms with Crippen molar-refractivity contribution in [2.24, 2.45) is 5.92 Å². The number of non-ortho nitro benzene ring substituents is 2. The molecule has 0 aliphatic carbocycles. The Bertz CT molecular complexity index is 1510. The third kappa shape index (κ3) is 4.42. The van der Waals surface area contributed by atoms with Crippen molar-refractivity contribution >= 4 is 50.5 Å². The fourth-order valence-electron chi connectivity index (χ4n) is 4.73. The number of hydrogen-bond donors (Lipinski definition) is 1. The Morgan fingerprint density at radius 2 is 1.67 bits per heavy atom. The smallest absolute Gasteiger partial charge is 0.271 e. The minimum atomic E-state index is -1.29. The number of amides is 2. The number of ether oxygens (including phenoxy) is 1. The molecule has 0 bridgehead atoms. The predicted octanol–water partition coefficient (Wildman–Crippen LogP) is 4.42. The zero-order chi connectivity index (χ0) is 28.0. The molecule has 5 rings (SSSR count). The second-order valence-electron chi connectivity index (χ2n) is 8.67. The molecule has 0 unspecified atom stereocenters. The minimum absolute atomic E-state index is 0.119. The Kier molecular flexibility index (Phi) is 6.66. The second-order valence-corrected chi connectivity index (χ2v) is 9.52. The number of nitro groups is 2. The molecule has 2 aliphatic rings. The lowest BCUT2D eigenvalue weighted by Gasteiger charge is -2.29. The first-order valence-corrected chi connectivity index (χ1v) is 12.4. The van der Waals surface area contributed by atoms with Gasteiger partial charge in [0.25, 0.3) is 17.3 Å². The van der Waals surface area contributed by atoms with Gasteiger partial charge in [-0.2, -0.15) is 0 Å². The zero-order valence-corrected chi connectivity index (χ0v) is 21.7. The Balaban J connectivity index is 1.62. The Labute approximate surface area is 228 Å². The van der Waals surface area contributed by atoms with Gasteiger partial charge in [0.1, 0.15) is 5.92 Å². The van der Waals surface area contributed by atoms with Crippen LogP contribution in [0.5, 0.6) is 11.5 Å². The SMILES string of the molecule is CCOc1cc([C@H]2[C@@H]3C(=O)N(c4ccc([N+](=O)[O-])cc4)C(=O)[C@H]3ON2c2cccc([N+](=O)[O-])c2)cc(Br)c1O. The third-order valence-electron chi connectivity index (χ3n) is 6.42. The highest BCUT2D eigenvalue weighted by Gasteiger charge is 2.60. The molecule has 0 spiro atoms. The predicted molar refractivity (Wildman–Crippen MR) is 139 cm³/mol. The molecule has 2 fully saturated rings. The van der Waals surface area contributed by atoms with Crippen molar-refractivity contribution in [3.05, 3.63) is 90.9 Å². The van der Waals surface area contributed by atoms with E-state index in [-0.39, 0.29) is 45.3 Å².